The lowest BCUT2D eigenvalue weighted by molar-refractivity contribution is 0.102. The summed E-state index contributed by atoms with van der Waals surface area (Å²) in [5.41, 5.74) is 4.05. The second-order valence-corrected chi connectivity index (χ2v) is 6.43. The lowest BCUT2D eigenvalue weighted by Crippen LogP contribution is -2.12. The standard InChI is InChI=1S/C17H14N4OS/c1-10-9-11(2)21-8-7-12(15(21)18-10)16(22)20-17-19-13-5-3-4-6-14(13)23-17/h3-9H,1-2H3,(H,19,20,22). The summed E-state index contributed by atoms with van der Waals surface area (Å²) in [5.74, 6) is -0.191. The summed E-state index contributed by atoms with van der Waals surface area (Å²) < 4.78 is 2.97. The highest BCUT2D eigenvalue weighted by Crippen LogP contribution is 2.26. The Hall–Kier alpha value is -2.73. The number of amides is 1. The number of aryl methyl sites for hydroxylation is 2. The van der Waals surface area contributed by atoms with Crippen LogP contribution in [0, 0.1) is 13.8 Å². The number of aromatic nitrogens is 3. The van der Waals surface area contributed by atoms with Gasteiger partial charge in [0.05, 0.1) is 15.8 Å². The number of nitrogens with one attached hydrogen (secondary N) is 1. The molecule has 23 heavy (non-hydrogen) atoms. The van der Waals surface area contributed by atoms with Crippen LogP contribution in [0.2, 0.25) is 0 Å². The normalized spacial score (nSPS) is 11.2. The summed E-state index contributed by atoms with van der Waals surface area (Å²) in [7, 11) is 0. The first-order valence-electron chi connectivity index (χ1n) is 7.24. The Morgan fingerprint density at radius 3 is 2.83 bits per heavy atom. The van der Waals surface area contributed by atoms with Gasteiger partial charge in [-0.1, -0.05) is 23.5 Å². The second-order valence-electron chi connectivity index (χ2n) is 5.40. The molecule has 6 heteroatoms. The van der Waals surface area contributed by atoms with Crippen molar-refractivity contribution in [1.82, 2.24) is 14.4 Å². The predicted octanol–water partition coefficient (Wildman–Crippen LogP) is 3.81. The molecule has 0 saturated heterocycles. The van der Waals surface area contributed by atoms with Crippen molar-refractivity contribution in [3.05, 3.63) is 59.5 Å². The van der Waals surface area contributed by atoms with E-state index in [1.54, 1.807) is 6.07 Å². The van der Waals surface area contributed by atoms with E-state index < -0.39 is 0 Å². The molecule has 4 rings (SSSR count). The molecule has 0 fully saturated rings. The summed E-state index contributed by atoms with van der Waals surface area (Å²) in [6, 6.07) is 11.6. The van der Waals surface area contributed by atoms with Gasteiger partial charge in [-0.05, 0) is 38.1 Å². The van der Waals surface area contributed by atoms with Gasteiger partial charge in [-0.3, -0.25) is 10.1 Å². The smallest absolute Gasteiger partial charge is 0.261 e. The molecule has 1 amide bonds. The second kappa shape index (κ2) is 5.17. The number of nitrogens with zero attached hydrogens (tertiary/aromatic N) is 3. The van der Waals surface area contributed by atoms with Gasteiger partial charge in [-0.15, -0.1) is 0 Å². The number of benzene rings is 1. The summed E-state index contributed by atoms with van der Waals surface area (Å²) >= 11 is 1.46. The molecule has 0 saturated carbocycles. The molecule has 3 aromatic heterocycles. The van der Waals surface area contributed by atoms with Crippen LogP contribution in [-0.2, 0) is 0 Å². The van der Waals surface area contributed by atoms with E-state index in [4.69, 9.17) is 0 Å². The number of fused-ring (bicyclic) bond motifs is 2. The Morgan fingerprint density at radius 2 is 2.00 bits per heavy atom. The molecule has 4 aromatic rings. The van der Waals surface area contributed by atoms with Crippen LogP contribution in [0.15, 0.2) is 42.6 Å². The quantitative estimate of drug-likeness (QED) is 0.610. The van der Waals surface area contributed by atoms with Gasteiger partial charge in [0.25, 0.3) is 5.91 Å². The molecule has 3 heterocycles. The third-order valence-corrected chi connectivity index (χ3v) is 4.65. The topological polar surface area (TPSA) is 59.3 Å². The Labute approximate surface area is 136 Å². The lowest BCUT2D eigenvalue weighted by Gasteiger charge is -2.04. The molecule has 0 atom stereocenters. The van der Waals surface area contributed by atoms with Crippen LogP contribution < -0.4 is 5.32 Å². The van der Waals surface area contributed by atoms with Gasteiger partial charge >= 0.3 is 0 Å². The maximum atomic E-state index is 12.6. The van der Waals surface area contributed by atoms with Crippen LogP contribution in [0.5, 0.6) is 0 Å². The van der Waals surface area contributed by atoms with Gasteiger partial charge in [-0.25, -0.2) is 9.97 Å². The number of anilines is 1. The van der Waals surface area contributed by atoms with E-state index in [1.165, 1.54) is 11.3 Å². The Balaban J connectivity index is 1.71. The Morgan fingerprint density at radius 1 is 1.17 bits per heavy atom. The lowest BCUT2D eigenvalue weighted by atomic mass is 10.3. The molecule has 5 nitrogen and oxygen atoms in total. The van der Waals surface area contributed by atoms with Crippen molar-refractivity contribution in [3.63, 3.8) is 0 Å². The van der Waals surface area contributed by atoms with E-state index in [0.29, 0.717) is 16.3 Å². The number of thiazole rings is 1. The van der Waals surface area contributed by atoms with Crippen LogP contribution in [0.4, 0.5) is 5.13 Å². The molecule has 0 radical (unpaired) electrons. The fourth-order valence-electron chi connectivity index (χ4n) is 2.66. The van der Waals surface area contributed by atoms with Crippen LogP contribution in [0.25, 0.3) is 15.9 Å². The predicted molar refractivity (Wildman–Crippen MR) is 92.2 cm³/mol. The third kappa shape index (κ3) is 2.37. The summed E-state index contributed by atoms with van der Waals surface area (Å²) in [5, 5.41) is 3.48. The van der Waals surface area contributed by atoms with E-state index in [1.807, 2.05) is 54.8 Å². The van der Waals surface area contributed by atoms with Gasteiger partial charge in [0.1, 0.15) is 5.65 Å². The number of carbonyl (C=O) groups is 1. The van der Waals surface area contributed by atoms with E-state index in [9.17, 15) is 4.79 Å². The average molecular weight is 322 g/mol. The largest absolute Gasteiger partial charge is 0.305 e. The zero-order chi connectivity index (χ0) is 16.0. The van der Waals surface area contributed by atoms with Crippen molar-refractivity contribution in [2.24, 2.45) is 0 Å². The molecule has 0 aliphatic heterocycles. The van der Waals surface area contributed by atoms with Crippen molar-refractivity contribution in [2.75, 3.05) is 5.32 Å². The maximum absolute atomic E-state index is 12.6. The van der Waals surface area contributed by atoms with Crippen LogP contribution in [-0.4, -0.2) is 20.3 Å². The first-order valence-corrected chi connectivity index (χ1v) is 8.06. The zero-order valence-corrected chi connectivity index (χ0v) is 13.5. The van der Waals surface area contributed by atoms with Gasteiger partial charge in [0.2, 0.25) is 0 Å². The maximum Gasteiger partial charge on any atom is 0.261 e. The number of para-hydroxylation sites is 1. The Bertz CT molecular complexity index is 1010. The van der Waals surface area contributed by atoms with Gasteiger partial charge in [-0.2, -0.15) is 0 Å². The number of rotatable bonds is 2. The SMILES string of the molecule is Cc1cc(C)n2ccc(C(=O)Nc3nc4ccccc4s3)c2n1. The van der Waals surface area contributed by atoms with Crippen LogP contribution in [0.1, 0.15) is 21.7 Å². The highest BCUT2D eigenvalue weighted by atomic mass is 32.1. The summed E-state index contributed by atoms with van der Waals surface area (Å²) in [6.45, 7) is 3.92. The highest BCUT2D eigenvalue weighted by molar-refractivity contribution is 7.22. The fourth-order valence-corrected chi connectivity index (χ4v) is 3.52. The van der Waals surface area contributed by atoms with E-state index in [2.05, 4.69) is 15.3 Å². The third-order valence-electron chi connectivity index (χ3n) is 3.70. The molecule has 1 aromatic carbocycles. The van der Waals surface area contributed by atoms with Crippen molar-refractivity contribution < 1.29 is 4.79 Å². The molecular weight excluding hydrogens is 308 g/mol. The van der Waals surface area contributed by atoms with Crippen molar-refractivity contribution in [2.45, 2.75) is 13.8 Å². The van der Waals surface area contributed by atoms with E-state index in [0.717, 1.165) is 21.6 Å². The summed E-state index contributed by atoms with van der Waals surface area (Å²) in [4.78, 5) is 21.5. The minimum atomic E-state index is -0.191. The molecule has 0 aliphatic rings. The average Bonchev–Trinajstić information content (AvgIpc) is 3.10. The molecule has 114 valence electrons. The molecule has 0 spiro atoms. The highest BCUT2D eigenvalue weighted by Gasteiger charge is 2.16. The molecule has 0 bridgehead atoms. The monoisotopic (exact) mass is 322 g/mol. The molecular formula is C17H14N4OS. The number of hydrogen-bond acceptors (Lipinski definition) is 4. The van der Waals surface area contributed by atoms with Gasteiger partial charge in [0.15, 0.2) is 5.13 Å². The number of hydrogen-bond donors (Lipinski definition) is 1. The first-order chi connectivity index (χ1) is 11.1. The van der Waals surface area contributed by atoms with Crippen LogP contribution >= 0.6 is 11.3 Å². The molecule has 0 aliphatic carbocycles. The zero-order valence-electron chi connectivity index (χ0n) is 12.7. The summed E-state index contributed by atoms with van der Waals surface area (Å²) in [6.07, 6.45) is 1.87. The number of carbonyl (C=O) groups excluding carboxylic acids is 1. The minimum Gasteiger partial charge on any atom is -0.305 e. The van der Waals surface area contributed by atoms with E-state index in [-0.39, 0.29) is 5.91 Å². The van der Waals surface area contributed by atoms with Gasteiger partial charge in [0, 0.05) is 17.6 Å². The first kappa shape index (κ1) is 13.9. The minimum absolute atomic E-state index is 0.191. The van der Waals surface area contributed by atoms with E-state index >= 15 is 0 Å². The van der Waals surface area contributed by atoms with Crippen LogP contribution in [0.3, 0.4) is 0 Å². The molecule has 0 unspecified atom stereocenters. The van der Waals surface area contributed by atoms with Gasteiger partial charge < -0.3 is 4.40 Å². The Kier molecular flexibility index (Phi) is 3.12. The van der Waals surface area contributed by atoms with Crippen molar-refractivity contribution >= 4 is 38.2 Å². The van der Waals surface area contributed by atoms with Crippen molar-refractivity contribution in [3.8, 4) is 0 Å². The molecule has 1 N–H and O–H groups in total. The van der Waals surface area contributed by atoms with Crippen molar-refractivity contribution in [1.29, 1.82) is 0 Å². The fraction of sp³-hybridized carbons (Fsp3) is 0.118.